The van der Waals surface area contributed by atoms with Gasteiger partial charge in [0.1, 0.15) is 0 Å². The molecule has 3 aliphatic rings. The molecule has 8 nitrogen and oxygen atoms in total. The zero-order valence-electron chi connectivity index (χ0n) is 21.6. The fraction of sp³-hybridized carbons (Fsp3) is 0.519. The van der Waals surface area contributed by atoms with Crippen LogP contribution in [-0.4, -0.2) is 67.8 Å². The molecule has 2 aromatic rings. The lowest BCUT2D eigenvalue weighted by atomic mass is 9.28. The Morgan fingerprint density at radius 3 is 2.50 bits per heavy atom. The number of anilines is 1. The number of hydrogen-bond acceptors (Lipinski definition) is 7. The minimum absolute atomic E-state index is 0.00190. The van der Waals surface area contributed by atoms with E-state index in [1.54, 1.807) is 0 Å². The van der Waals surface area contributed by atoms with Gasteiger partial charge >= 0.3 is 0 Å². The molecule has 1 spiro atoms. The Morgan fingerprint density at radius 2 is 1.90 bits per heavy atom. The first-order valence-corrected chi connectivity index (χ1v) is 14.9. The van der Waals surface area contributed by atoms with E-state index in [0.717, 1.165) is 6.07 Å². The highest BCUT2D eigenvalue weighted by molar-refractivity contribution is 7.92. The number of carbonyl (C=O) groups excluding carboxylic acids is 1. The molecule has 0 aromatic heterocycles. The highest BCUT2D eigenvalue weighted by Gasteiger charge is 2.83. The van der Waals surface area contributed by atoms with Crippen molar-refractivity contribution in [2.24, 2.45) is 17.3 Å². The lowest BCUT2D eigenvalue weighted by molar-refractivity contribution is -0.353. The van der Waals surface area contributed by atoms with Crippen molar-refractivity contribution in [3.63, 3.8) is 0 Å². The van der Waals surface area contributed by atoms with Crippen LogP contribution < -0.4 is 10.6 Å². The molecule has 4 N–H and O–H groups in total. The summed E-state index contributed by atoms with van der Waals surface area (Å²) in [6, 6.07) is 4.81. The Labute approximate surface area is 234 Å². The van der Waals surface area contributed by atoms with Gasteiger partial charge in [-0.1, -0.05) is 11.6 Å². The van der Waals surface area contributed by atoms with E-state index >= 15 is 0 Å². The van der Waals surface area contributed by atoms with Crippen molar-refractivity contribution >= 4 is 33.0 Å². The van der Waals surface area contributed by atoms with Crippen molar-refractivity contribution in [2.75, 3.05) is 31.7 Å². The van der Waals surface area contributed by atoms with Crippen LogP contribution >= 0.6 is 11.6 Å². The van der Waals surface area contributed by atoms with Crippen LogP contribution in [0.5, 0.6) is 0 Å². The molecule has 0 radical (unpaired) electrons. The van der Waals surface area contributed by atoms with Crippen molar-refractivity contribution in [3.8, 4) is 0 Å². The fourth-order valence-corrected chi connectivity index (χ4v) is 9.74. The zero-order valence-corrected chi connectivity index (χ0v) is 23.2. The van der Waals surface area contributed by atoms with Crippen molar-refractivity contribution in [3.05, 3.63) is 58.4 Å². The summed E-state index contributed by atoms with van der Waals surface area (Å²) in [7, 11) is -4.01. The predicted octanol–water partition coefficient (Wildman–Crippen LogP) is 3.30. The van der Waals surface area contributed by atoms with E-state index in [-0.39, 0.29) is 58.7 Å². The highest BCUT2D eigenvalue weighted by atomic mass is 35.5. The second-order valence-electron chi connectivity index (χ2n) is 11.0. The van der Waals surface area contributed by atoms with Crippen LogP contribution in [0.4, 0.5) is 18.9 Å². The number of aliphatic hydroxyl groups excluding tert-OH is 1. The van der Waals surface area contributed by atoms with Crippen molar-refractivity contribution in [2.45, 2.75) is 48.0 Å². The molecule has 218 valence electrons. The summed E-state index contributed by atoms with van der Waals surface area (Å²) in [5.41, 5.74) is -2.11. The molecule has 6 atom stereocenters. The Kier molecular flexibility index (Phi) is 7.73. The molecule has 40 heavy (non-hydrogen) atoms. The monoisotopic (exact) mass is 602 g/mol. The molecule has 3 saturated carbocycles. The van der Waals surface area contributed by atoms with Crippen LogP contribution in [0.1, 0.15) is 36.5 Å². The second-order valence-corrected chi connectivity index (χ2v) is 13.5. The molecule has 13 heteroatoms. The molecule has 1 amide bonds. The van der Waals surface area contributed by atoms with Gasteiger partial charge in [0, 0.05) is 41.4 Å². The number of halogens is 4. The van der Waals surface area contributed by atoms with E-state index in [4.69, 9.17) is 21.4 Å². The van der Waals surface area contributed by atoms with Gasteiger partial charge < -0.3 is 25.6 Å². The molecular formula is C27H30ClF3N2O6S. The lowest BCUT2D eigenvalue weighted by Crippen LogP contribution is -2.85. The number of sulfone groups is 1. The lowest BCUT2D eigenvalue weighted by Gasteiger charge is -2.80. The minimum Gasteiger partial charge on any atom is -0.395 e. The number of amides is 1. The zero-order chi connectivity index (χ0) is 29.0. The molecule has 3 fully saturated rings. The Balaban J connectivity index is 1.28. The number of benzene rings is 2. The van der Waals surface area contributed by atoms with Gasteiger partial charge in [0.2, 0.25) is 0 Å². The van der Waals surface area contributed by atoms with E-state index in [2.05, 4.69) is 10.6 Å². The van der Waals surface area contributed by atoms with Gasteiger partial charge in [0.25, 0.3) is 5.91 Å². The van der Waals surface area contributed by atoms with Crippen molar-refractivity contribution < 1.29 is 41.3 Å². The standard InChI is InChI=1S/C27H30ClF3N2O6S/c1-14(12-34)32-6-7-39-13-26(36)11-18-24(17-4-5-27(17,18)26)40(37,38)22-8-15(2-3-19(22)28)25(35)33-16-9-20(29)23(31)21(30)10-16/h2-3,8-10,14,17-18,24,32,34,36H,4-7,11-13H2,1H3,(H,33,35)/t14?,17?,18?,24-,26-,27?/m0/s1. The van der Waals surface area contributed by atoms with E-state index in [1.807, 2.05) is 6.92 Å². The Morgan fingerprint density at radius 1 is 1.20 bits per heavy atom. The first kappa shape index (κ1) is 29.3. The van der Waals surface area contributed by atoms with Crippen molar-refractivity contribution in [1.29, 1.82) is 0 Å². The van der Waals surface area contributed by atoms with Gasteiger partial charge in [0.15, 0.2) is 27.3 Å². The third kappa shape index (κ3) is 4.53. The molecule has 4 unspecified atom stereocenters. The predicted molar refractivity (Wildman–Crippen MR) is 140 cm³/mol. The first-order valence-electron chi connectivity index (χ1n) is 13.0. The van der Waals surface area contributed by atoms with Crippen molar-refractivity contribution in [1.82, 2.24) is 5.32 Å². The second kappa shape index (κ2) is 10.6. The van der Waals surface area contributed by atoms with Crippen LogP contribution in [0.3, 0.4) is 0 Å². The maximum absolute atomic E-state index is 13.8. The van der Waals surface area contributed by atoms with Gasteiger partial charge in [-0.3, -0.25) is 4.79 Å². The smallest absolute Gasteiger partial charge is 0.255 e. The van der Waals surface area contributed by atoms with Crippen LogP contribution in [0, 0.1) is 34.7 Å². The number of nitrogens with one attached hydrogen (secondary N) is 2. The van der Waals surface area contributed by atoms with E-state index in [0.29, 0.717) is 38.1 Å². The summed E-state index contributed by atoms with van der Waals surface area (Å²) in [5, 5.41) is 24.9. The average molecular weight is 603 g/mol. The van der Waals surface area contributed by atoms with Gasteiger partial charge in [-0.25, -0.2) is 21.6 Å². The maximum atomic E-state index is 13.8. The quantitative estimate of drug-likeness (QED) is 0.230. The molecule has 3 aliphatic carbocycles. The number of rotatable bonds is 11. The Bertz CT molecular complexity index is 1410. The summed E-state index contributed by atoms with van der Waals surface area (Å²) >= 11 is 6.28. The number of ether oxygens (including phenoxy) is 1. The molecular weight excluding hydrogens is 573 g/mol. The molecule has 0 aliphatic heterocycles. The third-order valence-electron chi connectivity index (χ3n) is 8.86. The highest BCUT2D eigenvalue weighted by Crippen LogP contribution is 2.80. The number of hydrogen-bond donors (Lipinski definition) is 4. The largest absolute Gasteiger partial charge is 0.395 e. The molecule has 0 heterocycles. The molecule has 2 aromatic carbocycles. The first-order chi connectivity index (χ1) is 18.9. The van der Waals surface area contributed by atoms with Gasteiger partial charge in [-0.05, 0) is 56.2 Å². The third-order valence-corrected chi connectivity index (χ3v) is 11.6. The summed E-state index contributed by atoms with van der Waals surface area (Å²) < 4.78 is 73.6. The van der Waals surface area contributed by atoms with Gasteiger partial charge in [-0.2, -0.15) is 0 Å². The maximum Gasteiger partial charge on any atom is 0.255 e. The topological polar surface area (TPSA) is 125 Å². The van der Waals surface area contributed by atoms with Crippen LogP contribution in [0.2, 0.25) is 5.02 Å². The summed E-state index contributed by atoms with van der Waals surface area (Å²) in [6.45, 7) is 2.75. The normalized spacial score (nSPS) is 29.3. The number of aliphatic hydroxyl groups is 2. The average Bonchev–Trinajstić information content (AvgIpc) is 2.88. The molecule has 5 rings (SSSR count). The summed E-state index contributed by atoms with van der Waals surface area (Å²) in [5.74, 6) is -6.06. The van der Waals surface area contributed by atoms with Crippen LogP contribution in [0.25, 0.3) is 0 Å². The van der Waals surface area contributed by atoms with Crippen LogP contribution in [0.15, 0.2) is 35.2 Å². The van der Waals surface area contributed by atoms with Crippen LogP contribution in [-0.2, 0) is 14.6 Å². The molecule has 0 bridgehead atoms. The minimum atomic E-state index is -4.01. The fourth-order valence-electron chi connectivity index (χ4n) is 6.79. The van der Waals surface area contributed by atoms with Gasteiger partial charge in [-0.15, -0.1) is 0 Å². The number of carbonyl (C=O) groups is 1. The molecule has 0 saturated heterocycles. The Hall–Kier alpha value is -2.22. The SMILES string of the molecule is CC(CO)NCCOC[C@@]1(O)CC2[C@@H](S(=O)(=O)c3cc(C(=O)Nc4cc(F)c(F)c(F)c4)ccc3Cl)C3CCC321. The van der Waals surface area contributed by atoms with E-state index in [1.165, 1.54) is 12.1 Å². The van der Waals surface area contributed by atoms with E-state index < -0.39 is 49.5 Å². The summed E-state index contributed by atoms with van der Waals surface area (Å²) in [4.78, 5) is 12.5. The summed E-state index contributed by atoms with van der Waals surface area (Å²) in [6.07, 6.45) is 1.57. The van der Waals surface area contributed by atoms with Gasteiger partial charge in [0.05, 0.1) is 40.6 Å². The van der Waals surface area contributed by atoms with E-state index in [9.17, 15) is 31.5 Å².